The number of likely N-dealkylation sites (tertiary alicyclic amines) is 1. The Labute approximate surface area is 75.5 Å². The summed E-state index contributed by atoms with van der Waals surface area (Å²) in [6.45, 7) is 2.53. The molecule has 0 aliphatic carbocycles. The Kier molecular flexibility index (Phi) is 3.78. The van der Waals surface area contributed by atoms with Crippen molar-refractivity contribution in [1.82, 2.24) is 4.90 Å². The minimum atomic E-state index is 0.111. The standard InChI is InChI=1S/C7H14BrNO2/c1-9-4-6(8)7(5-9)11-3-2-10/h6-7,10H,2-5H2,1H3. The van der Waals surface area contributed by atoms with Crippen LogP contribution in [0.1, 0.15) is 0 Å². The normalized spacial score (nSPS) is 33.0. The number of nitrogens with zero attached hydrogens (tertiary/aromatic N) is 1. The summed E-state index contributed by atoms with van der Waals surface area (Å²) in [7, 11) is 2.07. The number of aliphatic hydroxyl groups is 1. The van der Waals surface area contributed by atoms with Gasteiger partial charge in [0.2, 0.25) is 0 Å². The summed E-state index contributed by atoms with van der Waals surface area (Å²) in [5.74, 6) is 0. The van der Waals surface area contributed by atoms with E-state index in [4.69, 9.17) is 9.84 Å². The molecule has 1 heterocycles. The van der Waals surface area contributed by atoms with Crippen molar-refractivity contribution < 1.29 is 9.84 Å². The molecule has 0 saturated carbocycles. The fourth-order valence-electron chi connectivity index (χ4n) is 1.27. The second-order valence-electron chi connectivity index (χ2n) is 2.87. The molecule has 2 unspecified atom stereocenters. The van der Waals surface area contributed by atoms with Crippen molar-refractivity contribution in [2.45, 2.75) is 10.9 Å². The molecule has 1 N–H and O–H groups in total. The molecule has 11 heavy (non-hydrogen) atoms. The lowest BCUT2D eigenvalue weighted by Crippen LogP contribution is -2.24. The van der Waals surface area contributed by atoms with Crippen LogP contribution < -0.4 is 0 Å². The van der Waals surface area contributed by atoms with Gasteiger partial charge >= 0.3 is 0 Å². The van der Waals surface area contributed by atoms with E-state index in [9.17, 15) is 0 Å². The maximum absolute atomic E-state index is 8.52. The minimum Gasteiger partial charge on any atom is -0.394 e. The number of hydrogen-bond donors (Lipinski definition) is 1. The number of hydrogen-bond acceptors (Lipinski definition) is 3. The van der Waals surface area contributed by atoms with E-state index in [2.05, 4.69) is 27.9 Å². The fourth-order valence-corrected chi connectivity index (χ4v) is 2.09. The van der Waals surface area contributed by atoms with Crippen LogP contribution in [0.25, 0.3) is 0 Å². The van der Waals surface area contributed by atoms with E-state index in [0.29, 0.717) is 11.4 Å². The number of rotatable bonds is 3. The molecule has 0 radical (unpaired) electrons. The predicted molar refractivity (Wildman–Crippen MR) is 47.0 cm³/mol. The molecule has 66 valence electrons. The number of likely N-dealkylation sites (N-methyl/N-ethyl adjacent to an activating group) is 1. The molecule has 0 amide bonds. The van der Waals surface area contributed by atoms with Crippen molar-refractivity contribution in [2.75, 3.05) is 33.4 Å². The van der Waals surface area contributed by atoms with E-state index < -0.39 is 0 Å². The second kappa shape index (κ2) is 4.40. The van der Waals surface area contributed by atoms with E-state index >= 15 is 0 Å². The first-order valence-electron chi connectivity index (χ1n) is 3.79. The molecule has 1 aliphatic rings. The van der Waals surface area contributed by atoms with Gasteiger partial charge < -0.3 is 14.7 Å². The van der Waals surface area contributed by atoms with Crippen LogP contribution in [0.3, 0.4) is 0 Å². The highest BCUT2D eigenvalue weighted by atomic mass is 79.9. The number of ether oxygens (including phenoxy) is 1. The molecule has 0 aromatic heterocycles. The average Bonchev–Trinajstić information content (AvgIpc) is 2.26. The molecular weight excluding hydrogens is 210 g/mol. The van der Waals surface area contributed by atoms with Gasteiger partial charge in [-0.05, 0) is 7.05 Å². The van der Waals surface area contributed by atoms with E-state index in [1.54, 1.807) is 0 Å². The average molecular weight is 224 g/mol. The zero-order chi connectivity index (χ0) is 8.27. The number of alkyl halides is 1. The molecule has 2 atom stereocenters. The van der Waals surface area contributed by atoms with Crippen molar-refractivity contribution in [3.63, 3.8) is 0 Å². The lowest BCUT2D eigenvalue weighted by atomic mass is 10.3. The molecular formula is C7H14BrNO2. The molecule has 4 heteroatoms. The summed E-state index contributed by atoms with van der Waals surface area (Å²) in [5, 5.41) is 8.52. The van der Waals surface area contributed by atoms with Gasteiger partial charge in [-0.3, -0.25) is 0 Å². The Morgan fingerprint density at radius 2 is 2.36 bits per heavy atom. The number of aliphatic hydroxyl groups excluding tert-OH is 1. The van der Waals surface area contributed by atoms with E-state index in [1.807, 2.05) is 0 Å². The van der Waals surface area contributed by atoms with Gasteiger partial charge in [0.05, 0.1) is 24.1 Å². The maximum Gasteiger partial charge on any atom is 0.0840 e. The van der Waals surface area contributed by atoms with Gasteiger partial charge in [0, 0.05) is 13.1 Å². The van der Waals surface area contributed by atoms with Crippen molar-refractivity contribution in [2.24, 2.45) is 0 Å². The Morgan fingerprint density at radius 3 is 2.82 bits per heavy atom. The third-order valence-corrected chi connectivity index (χ3v) is 2.68. The second-order valence-corrected chi connectivity index (χ2v) is 4.05. The highest BCUT2D eigenvalue weighted by molar-refractivity contribution is 9.09. The first kappa shape index (κ1) is 9.45. The predicted octanol–water partition coefficient (Wildman–Crippen LogP) is 0.0728. The quantitative estimate of drug-likeness (QED) is 0.689. The molecule has 1 rings (SSSR count). The zero-order valence-corrected chi connectivity index (χ0v) is 8.25. The van der Waals surface area contributed by atoms with Crippen LogP contribution in [-0.4, -0.2) is 54.3 Å². The Balaban J connectivity index is 2.23. The first-order chi connectivity index (χ1) is 5.24. The summed E-state index contributed by atoms with van der Waals surface area (Å²) in [4.78, 5) is 2.63. The van der Waals surface area contributed by atoms with Crippen LogP contribution in [-0.2, 0) is 4.74 Å². The van der Waals surface area contributed by atoms with Gasteiger partial charge in [-0.1, -0.05) is 15.9 Å². The van der Waals surface area contributed by atoms with Crippen molar-refractivity contribution in [3.8, 4) is 0 Å². The summed E-state index contributed by atoms with van der Waals surface area (Å²) in [6.07, 6.45) is 0.243. The van der Waals surface area contributed by atoms with Crippen LogP contribution in [0.5, 0.6) is 0 Å². The summed E-state index contributed by atoms with van der Waals surface area (Å²) in [5.41, 5.74) is 0. The summed E-state index contributed by atoms with van der Waals surface area (Å²) < 4.78 is 5.40. The molecule has 0 aromatic carbocycles. The molecule has 1 saturated heterocycles. The van der Waals surface area contributed by atoms with Gasteiger partial charge in [-0.2, -0.15) is 0 Å². The maximum atomic E-state index is 8.52. The molecule has 1 fully saturated rings. The van der Waals surface area contributed by atoms with Crippen LogP contribution in [0, 0.1) is 0 Å². The van der Waals surface area contributed by atoms with Crippen LogP contribution in [0.15, 0.2) is 0 Å². The topological polar surface area (TPSA) is 32.7 Å². The molecule has 0 bridgehead atoms. The van der Waals surface area contributed by atoms with Gasteiger partial charge in [0.25, 0.3) is 0 Å². The fraction of sp³-hybridized carbons (Fsp3) is 1.00. The largest absolute Gasteiger partial charge is 0.394 e. The Hall–Kier alpha value is 0.360. The van der Waals surface area contributed by atoms with Gasteiger partial charge in [0.1, 0.15) is 0 Å². The third-order valence-electron chi connectivity index (χ3n) is 1.80. The smallest absolute Gasteiger partial charge is 0.0840 e. The van der Waals surface area contributed by atoms with Crippen molar-refractivity contribution in [1.29, 1.82) is 0 Å². The summed E-state index contributed by atoms with van der Waals surface area (Å²) >= 11 is 3.53. The highest BCUT2D eigenvalue weighted by Gasteiger charge is 2.28. The van der Waals surface area contributed by atoms with E-state index in [1.165, 1.54) is 0 Å². The van der Waals surface area contributed by atoms with Gasteiger partial charge in [-0.15, -0.1) is 0 Å². The first-order valence-corrected chi connectivity index (χ1v) is 4.70. The lowest BCUT2D eigenvalue weighted by Gasteiger charge is -2.12. The van der Waals surface area contributed by atoms with Gasteiger partial charge in [-0.25, -0.2) is 0 Å². The lowest BCUT2D eigenvalue weighted by molar-refractivity contribution is 0.0384. The highest BCUT2D eigenvalue weighted by Crippen LogP contribution is 2.18. The van der Waals surface area contributed by atoms with Crippen molar-refractivity contribution >= 4 is 15.9 Å². The molecule has 0 spiro atoms. The van der Waals surface area contributed by atoms with Crippen LogP contribution >= 0.6 is 15.9 Å². The molecule has 3 nitrogen and oxygen atoms in total. The monoisotopic (exact) mass is 223 g/mol. The molecule has 0 aromatic rings. The number of halogens is 1. The molecule has 1 aliphatic heterocycles. The Bertz CT molecular complexity index is 123. The Morgan fingerprint density at radius 1 is 1.64 bits per heavy atom. The zero-order valence-electron chi connectivity index (χ0n) is 6.66. The van der Waals surface area contributed by atoms with Crippen LogP contribution in [0.4, 0.5) is 0 Å². The minimum absolute atomic E-state index is 0.111. The van der Waals surface area contributed by atoms with E-state index in [-0.39, 0.29) is 12.7 Å². The van der Waals surface area contributed by atoms with Crippen LogP contribution in [0.2, 0.25) is 0 Å². The summed E-state index contributed by atoms with van der Waals surface area (Å²) in [6, 6.07) is 0. The third kappa shape index (κ3) is 2.71. The van der Waals surface area contributed by atoms with E-state index in [0.717, 1.165) is 13.1 Å². The van der Waals surface area contributed by atoms with Gasteiger partial charge in [0.15, 0.2) is 0 Å². The SMILES string of the molecule is CN1CC(Br)C(OCCO)C1. The van der Waals surface area contributed by atoms with Crippen molar-refractivity contribution in [3.05, 3.63) is 0 Å².